The molecule has 132 valence electrons. The Morgan fingerprint density at radius 1 is 1.20 bits per heavy atom. The second-order valence-electron chi connectivity index (χ2n) is 6.18. The van der Waals surface area contributed by atoms with E-state index in [0.717, 1.165) is 18.6 Å². The molecule has 1 amide bonds. The molecule has 0 unspecified atom stereocenters. The number of hydrogen-bond acceptors (Lipinski definition) is 4. The number of carbonyl (C=O) groups excluding carboxylic acids is 1. The van der Waals surface area contributed by atoms with Crippen molar-refractivity contribution >= 4 is 17.6 Å². The highest BCUT2D eigenvalue weighted by Gasteiger charge is 2.15. The van der Waals surface area contributed by atoms with Crippen molar-refractivity contribution in [1.29, 1.82) is 0 Å². The minimum atomic E-state index is -1.07. The summed E-state index contributed by atoms with van der Waals surface area (Å²) in [6, 6.07) is 7.28. The first-order valence-electron chi connectivity index (χ1n) is 8.42. The number of rotatable bonds is 6. The van der Waals surface area contributed by atoms with Gasteiger partial charge in [0.2, 0.25) is 5.91 Å². The zero-order chi connectivity index (χ0) is 17.6. The molecular weight excluding hydrogens is 322 g/mol. The van der Waals surface area contributed by atoms with Gasteiger partial charge >= 0.3 is 5.97 Å². The third-order valence-corrected chi connectivity index (χ3v) is 4.18. The Morgan fingerprint density at radius 2 is 1.92 bits per heavy atom. The van der Waals surface area contributed by atoms with Crippen molar-refractivity contribution in [2.45, 2.75) is 44.8 Å². The van der Waals surface area contributed by atoms with Gasteiger partial charge in [-0.2, -0.15) is 5.10 Å². The first kappa shape index (κ1) is 17.0. The van der Waals surface area contributed by atoms with Crippen molar-refractivity contribution in [2.24, 2.45) is 0 Å². The number of nitrogens with zero attached hydrogens (tertiary/aromatic N) is 2. The minimum Gasteiger partial charge on any atom is -0.490 e. The number of anilines is 1. The van der Waals surface area contributed by atoms with E-state index in [4.69, 9.17) is 9.84 Å². The van der Waals surface area contributed by atoms with E-state index in [9.17, 15) is 9.59 Å². The van der Waals surface area contributed by atoms with Crippen LogP contribution in [0.5, 0.6) is 5.75 Å². The second kappa shape index (κ2) is 7.83. The SMILES string of the molecule is O=C(Cn1cc(C(=O)O)cn1)Nc1ccc(OC2CCCCC2)cc1. The number of ether oxygens (including phenoxy) is 1. The van der Waals surface area contributed by atoms with Crippen LogP contribution in [0.2, 0.25) is 0 Å². The van der Waals surface area contributed by atoms with Gasteiger partial charge in [0, 0.05) is 11.9 Å². The highest BCUT2D eigenvalue weighted by molar-refractivity contribution is 5.91. The van der Waals surface area contributed by atoms with E-state index in [1.807, 2.05) is 12.1 Å². The van der Waals surface area contributed by atoms with Gasteiger partial charge in [0.05, 0.1) is 17.9 Å². The summed E-state index contributed by atoms with van der Waals surface area (Å²) in [5.74, 6) is -0.538. The van der Waals surface area contributed by atoms with Crippen molar-refractivity contribution < 1.29 is 19.4 Å². The molecule has 2 aromatic rings. The summed E-state index contributed by atoms with van der Waals surface area (Å²) in [5.41, 5.74) is 0.712. The minimum absolute atomic E-state index is 0.0480. The van der Waals surface area contributed by atoms with Crippen molar-refractivity contribution in [3.8, 4) is 5.75 Å². The van der Waals surface area contributed by atoms with Crippen LogP contribution in [0, 0.1) is 0 Å². The topological polar surface area (TPSA) is 93.5 Å². The molecule has 1 fully saturated rings. The lowest BCUT2D eigenvalue weighted by Gasteiger charge is -2.23. The molecular formula is C18H21N3O4. The Kier molecular flexibility index (Phi) is 5.33. The van der Waals surface area contributed by atoms with E-state index in [-0.39, 0.29) is 24.1 Å². The molecule has 0 radical (unpaired) electrons. The highest BCUT2D eigenvalue weighted by Crippen LogP contribution is 2.24. The van der Waals surface area contributed by atoms with Gasteiger partial charge in [-0.25, -0.2) is 4.79 Å². The van der Waals surface area contributed by atoms with Gasteiger partial charge in [-0.1, -0.05) is 6.42 Å². The Hall–Kier alpha value is -2.83. The highest BCUT2D eigenvalue weighted by atomic mass is 16.5. The predicted octanol–water partition coefficient (Wildman–Crippen LogP) is 2.93. The van der Waals surface area contributed by atoms with E-state index >= 15 is 0 Å². The van der Waals surface area contributed by atoms with Crippen LogP contribution >= 0.6 is 0 Å². The van der Waals surface area contributed by atoms with E-state index in [1.54, 1.807) is 12.1 Å². The van der Waals surface area contributed by atoms with Crippen LogP contribution in [0.15, 0.2) is 36.7 Å². The van der Waals surface area contributed by atoms with E-state index in [0.29, 0.717) is 5.69 Å². The zero-order valence-corrected chi connectivity index (χ0v) is 13.9. The van der Waals surface area contributed by atoms with E-state index < -0.39 is 5.97 Å². The molecule has 7 nitrogen and oxygen atoms in total. The van der Waals surface area contributed by atoms with Crippen LogP contribution in [-0.4, -0.2) is 32.9 Å². The zero-order valence-electron chi connectivity index (χ0n) is 13.9. The number of hydrogen-bond donors (Lipinski definition) is 2. The lowest BCUT2D eigenvalue weighted by molar-refractivity contribution is -0.116. The van der Waals surface area contributed by atoms with Crippen molar-refractivity contribution in [2.75, 3.05) is 5.32 Å². The summed E-state index contributed by atoms with van der Waals surface area (Å²) >= 11 is 0. The van der Waals surface area contributed by atoms with Gasteiger partial charge in [0.15, 0.2) is 0 Å². The molecule has 1 aromatic carbocycles. The predicted molar refractivity (Wildman–Crippen MR) is 91.8 cm³/mol. The normalized spacial score (nSPS) is 14.9. The number of carboxylic acid groups (broad SMARTS) is 1. The first-order chi connectivity index (χ1) is 12.1. The van der Waals surface area contributed by atoms with Crippen LogP contribution in [0.25, 0.3) is 0 Å². The van der Waals surface area contributed by atoms with E-state index in [1.165, 1.54) is 36.3 Å². The molecule has 0 atom stereocenters. The van der Waals surface area contributed by atoms with Crippen LogP contribution in [-0.2, 0) is 11.3 Å². The summed E-state index contributed by atoms with van der Waals surface area (Å²) < 4.78 is 7.24. The van der Waals surface area contributed by atoms with E-state index in [2.05, 4.69) is 10.4 Å². The fourth-order valence-electron chi connectivity index (χ4n) is 2.90. The summed E-state index contributed by atoms with van der Waals surface area (Å²) in [6.45, 7) is -0.0480. The Balaban J connectivity index is 1.51. The Morgan fingerprint density at radius 3 is 2.56 bits per heavy atom. The number of nitrogens with one attached hydrogen (secondary N) is 1. The number of aromatic carboxylic acids is 1. The standard InChI is InChI=1S/C18H21N3O4/c22-17(12-21-11-13(10-19-21)18(23)24)20-14-6-8-16(9-7-14)25-15-4-2-1-3-5-15/h6-11,15H,1-5,12H2,(H,20,22)(H,23,24). The van der Waals surface area contributed by atoms with Gasteiger partial charge < -0.3 is 15.2 Å². The molecule has 3 rings (SSSR count). The summed E-state index contributed by atoms with van der Waals surface area (Å²) in [6.07, 6.45) is 8.75. The quantitative estimate of drug-likeness (QED) is 0.841. The Labute approximate surface area is 145 Å². The fraction of sp³-hybridized carbons (Fsp3) is 0.389. The number of carboxylic acids is 1. The molecule has 25 heavy (non-hydrogen) atoms. The van der Waals surface area contributed by atoms with Gasteiger partial charge in [0.25, 0.3) is 0 Å². The average Bonchev–Trinajstić information content (AvgIpc) is 3.06. The maximum absolute atomic E-state index is 12.0. The molecule has 2 N–H and O–H groups in total. The second-order valence-corrected chi connectivity index (χ2v) is 6.18. The largest absolute Gasteiger partial charge is 0.490 e. The summed E-state index contributed by atoms with van der Waals surface area (Å²) in [7, 11) is 0. The van der Waals surface area contributed by atoms with Crippen LogP contribution < -0.4 is 10.1 Å². The van der Waals surface area contributed by atoms with Crippen molar-refractivity contribution in [3.63, 3.8) is 0 Å². The lowest BCUT2D eigenvalue weighted by atomic mass is 9.98. The smallest absolute Gasteiger partial charge is 0.338 e. The molecule has 7 heteroatoms. The van der Waals surface area contributed by atoms with Gasteiger partial charge in [-0.15, -0.1) is 0 Å². The molecule has 1 aromatic heterocycles. The third-order valence-electron chi connectivity index (χ3n) is 4.18. The molecule has 0 bridgehead atoms. The first-order valence-corrected chi connectivity index (χ1v) is 8.42. The third kappa shape index (κ3) is 4.82. The molecule has 1 aliphatic rings. The van der Waals surface area contributed by atoms with Crippen molar-refractivity contribution in [3.05, 3.63) is 42.2 Å². The van der Waals surface area contributed by atoms with Crippen LogP contribution in [0.4, 0.5) is 5.69 Å². The molecule has 1 heterocycles. The molecule has 0 saturated heterocycles. The average molecular weight is 343 g/mol. The van der Waals surface area contributed by atoms with Crippen LogP contribution in [0.3, 0.4) is 0 Å². The number of benzene rings is 1. The maximum Gasteiger partial charge on any atom is 0.338 e. The summed E-state index contributed by atoms with van der Waals surface area (Å²) in [4.78, 5) is 22.8. The van der Waals surface area contributed by atoms with Crippen molar-refractivity contribution in [1.82, 2.24) is 9.78 Å². The molecule has 0 aliphatic heterocycles. The van der Waals surface area contributed by atoms with Crippen LogP contribution in [0.1, 0.15) is 42.5 Å². The Bertz CT molecular complexity index is 733. The summed E-state index contributed by atoms with van der Waals surface area (Å²) in [5, 5.41) is 15.5. The monoisotopic (exact) mass is 343 g/mol. The molecule has 1 saturated carbocycles. The number of amides is 1. The van der Waals surface area contributed by atoms with Gasteiger partial charge in [-0.3, -0.25) is 9.48 Å². The number of carbonyl (C=O) groups is 2. The van der Waals surface area contributed by atoms with Gasteiger partial charge in [0.1, 0.15) is 12.3 Å². The fourth-order valence-corrected chi connectivity index (χ4v) is 2.90. The maximum atomic E-state index is 12.0. The molecule has 0 spiro atoms. The molecule has 1 aliphatic carbocycles. The lowest BCUT2D eigenvalue weighted by Crippen LogP contribution is -2.20. The van der Waals surface area contributed by atoms with Gasteiger partial charge in [-0.05, 0) is 49.9 Å². The number of aromatic nitrogens is 2.